The lowest BCUT2D eigenvalue weighted by molar-refractivity contribution is -0.193. The minimum atomic E-state index is -1.93. The average Bonchev–Trinajstić information content (AvgIpc) is 3.13. The molecular formula is C20H33NO6. The fourth-order valence-electron chi connectivity index (χ4n) is 3.83. The van der Waals surface area contributed by atoms with Gasteiger partial charge in [0.2, 0.25) is 5.60 Å². The van der Waals surface area contributed by atoms with Crippen molar-refractivity contribution in [3.63, 3.8) is 0 Å². The summed E-state index contributed by atoms with van der Waals surface area (Å²) in [6.07, 6.45) is 1.39. The van der Waals surface area contributed by atoms with Crippen molar-refractivity contribution < 1.29 is 29.3 Å². The first-order valence-corrected chi connectivity index (χ1v) is 9.77. The van der Waals surface area contributed by atoms with Crippen LogP contribution in [0, 0.1) is 11.8 Å². The smallest absolute Gasteiger partial charge is 0.342 e. The fourth-order valence-corrected chi connectivity index (χ4v) is 3.83. The molecule has 0 aromatic heterocycles. The summed E-state index contributed by atoms with van der Waals surface area (Å²) in [6.45, 7) is 10.2. The Labute approximate surface area is 161 Å². The van der Waals surface area contributed by atoms with Crippen LogP contribution in [0.15, 0.2) is 11.6 Å². The van der Waals surface area contributed by atoms with Crippen LogP contribution in [0.2, 0.25) is 0 Å². The number of fused-ring (bicyclic) bond motifs is 1. The maximum Gasteiger partial charge on any atom is 0.342 e. The first-order chi connectivity index (χ1) is 12.6. The van der Waals surface area contributed by atoms with E-state index in [1.54, 1.807) is 13.8 Å². The number of rotatable bonds is 8. The Kier molecular flexibility index (Phi) is 7.05. The van der Waals surface area contributed by atoms with Crippen molar-refractivity contribution >= 4 is 11.9 Å². The summed E-state index contributed by atoms with van der Waals surface area (Å²) in [4.78, 5) is 26.8. The van der Waals surface area contributed by atoms with Gasteiger partial charge in [-0.2, -0.15) is 0 Å². The van der Waals surface area contributed by atoms with E-state index in [1.807, 2.05) is 19.9 Å². The zero-order valence-electron chi connectivity index (χ0n) is 17.0. The molecule has 4 atom stereocenters. The van der Waals surface area contributed by atoms with Crippen molar-refractivity contribution in [2.24, 2.45) is 11.8 Å². The Morgan fingerprint density at radius 1 is 1.30 bits per heavy atom. The van der Waals surface area contributed by atoms with Gasteiger partial charge in [-0.25, -0.2) is 4.79 Å². The number of hydrogen-bond donors (Lipinski definition) is 2. The molecule has 0 aromatic rings. The quantitative estimate of drug-likeness (QED) is 0.481. The van der Waals surface area contributed by atoms with Crippen LogP contribution in [0.25, 0.3) is 0 Å². The second-order valence-electron chi connectivity index (χ2n) is 8.36. The number of esters is 2. The number of ether oxygens (including phenoxy) is 2. The predicted octanol–water partition coefficient (Wildman–Crippen LogP) is 1.27. The molecule has 1 saturated heterocycles. The molecule has 0 unspecified atom stereocenters. The SMILES string of the molecule is CC(C)CC(=O)O[C@@H](C)[C@](O)(C(=O)OCC1=CCN2CC[C@@H](O)[C@@H]12)C(C)C. The maximum absolute atomic E-state index is 12.7. The molecule has 2 aliphatic heterocycles. The van der Waals surface area contributed by atoms with Crippen LogP contribution in [0.3, 0.4) is 0 Å². The lowest BCUT2D eigenvalue weighted by Gasteiger charge is -2.35. The molecule has 1 fully saturated rings. The van der Waals surface area contributed by atoms with Gasteiger partial charge in [0, 0.05) is 19.5 Å². The third-order valence-electron chi connectivity index (χ3n) is 5.52. The largest absolute Gasteiger partial charge is 0.459 e. The predicted molar refractivity (Wildman–Crippen MR) is 99.8 cm³/mol. The fraction of sp³-hybridized carbons (Fsp3) is 0.800. The molecule has 0 saturated carbocycles. The molecule has 0 spiro atoms. The molecule has 154 valence electrons. The monoisotopic (exact) mass is 383 g/mol. The van der Waals surface area contributed by atoms with Gasteiger partial charge in [-0.15, -0.1) is 0 Å². The molecule has 2 rings (SSSR count). The number of nitrogens with zero attached hydrogens (tertiary/aromatic N) is 1. The Balaban J connectivity index is 2.00. The topological polar surface area (TPSA) is 96.3 Å². The Bertz CT molecular complexity index is 587. The third kappa shape index (κ3) is 4.70. The molecule has 0 aliphatic carbocycles. The van der Waals surface area contributed by atoms with E-state index in [0.29, 0.717) is 6.42 Å². The van der Waals surface area contributed by atoms with Crippen LogP contribution < -0.4 is 0 Å². The molecule has 0 bridgehead atoms. The zero-order valence-corrected chi connectivity index (χ0v) is 17.0. The maximum atomic E-state index is 12.7. The Morgan fingerprint density at radius 2 is 1.96 bits per heavy atom. The first kappa shape index (κ1) is 21.9. The number of carbonyl (C=O) groups excluding carboxylic acids is 2. The van der Waals surface area contributed by atoms with Crippen LogP contribution in [0.5, 0.6) is 0 Å². The summed E-state index contributed by atoms with van der Waals surface area (Å²) in [6, 6.07) is -0.119. The number of hydrogen-bond acceptors (Lipinski definition) is 7. The summed E-state index contributed by atoms with van der Waals surface area (Å²) >= 11 is 0. The minimum Gasteiger partial charge on any atom is -0.459 e. The van der Waals surface area contributed by atoms with Crippen LogP contribution in [0.1, 0.15) is 47.5 Å². The van der Waals surface area contributed by atoms with Crippen LogP contribution in [-0.4, -0.2) is 70.6 Å². The third-order valence-corrected chi connectivity index (χ3v) is 5.52. The molecule has 2 heterocycles. The van der Waals surface area contributed by atoms with Crippen LogP contribution in [0.4, 0.5) is 0 Å². The van der Waals surface area contributed by atoms with Crippen molar-refractivity contribution in [2.45, 2.75) is 71.3 Å². The van der Waals surface area contributed by atoms with E-state index in [9.17, 15) is 19.8 Å². The summed E-state index contributed by atoms with van der Waals surface area (Å²) < 4.78 is 10.7. The molecule has 0 amide bonds. The van der Waals surface area contributed by atoms with Gasteiger partial charge in [0.15, 0.2) is 0 Å². The number of carbonyl (C=O) groups is 2. The van der Waals surface area contributed by atoms with E-state index in [-0.39, 0.29) is 25.0 Å². The van der Waals surface area contributed by atoms with Gasteiger partial charge in [0.1, 0.15) is 12.7 Å². The standard InChI is InChI=1S/C20H33NO6/c1-12(2)10-17(23)27-14(5)20(25,13(3)4)19(24)26-11-15-6-8-21-9-7-16(22)18(15)21/h6,12-14,16,18,22,25H,7-11H2,1-5H3/t14-,16+,18+,20-/m0/s1. The first-order valence-electron chi connectivity index (χ1n) is 9.77. The molecule has 2 aliphatic rings. The lowest BCUT2D eigenvalue weighted by Crippen LogP contribution is -2.55. The van der Waals surface area contributed by atoms with Gasteiger partial charge < -0.3 is 19.7 Å². The second kappa shape index (κ2) is 8.71. The second-order valence-corrected chi connectivity index (χ2v) is 8.36. The highest BCUT2D eigenvalue weighted by Crippen LogP contribution is 2.31. The van der Waals surface area contributed by atoms with Gasteiger partial charge in [0.25, 0.3) is 0 Å². The summed E-state index contributed by atoms with van der Waals surface area (Å²) in [5.74, 6) is -1.64. The van der Waals surface area contributed by atoms with E-state index in [2.05, 4.69) is 4.90 Å². The number of aliphatic hydroxyl groups excluding tert-OH is 1. The molecule has 0 radical (unpaired) electrons. The van der Waals surface area contributed by atoms with Crippen molar-refractivity contribution in [2.75, 3.05) is 19.7 Å². The normalized spacial score (nSPS) is 25.9. The summed E-state index contributed by atoms with van der Waals surface area (Å²) in [7, 11) is 0. The summed E-state index contributed by atoms with van der Waals surface area (Å²) in [5, 5.41) is 21.1. The zero-order chi connectivity index (χ0) is 20.4. The van der Waals surface area contributed by atoms with E-state index < -0.39 is 35.7 Å². The van der Waals surface area contributed by atoms with Crippen molar-refractivity contribution in [3.05, 3.63) is 11.6 Å². The van der Waals surface area contributed by atoms with Gasteiger partial charge >= 0.3 is 11.9 Å². The van der Waals surface area contributed by atoms with Crippen LogP contribution >= 0.6 is 0 Å². The molecule has 27 heavy (non-hydrogen) atoms. The van der Waals surface area contributed by atoms with E-state index >= 15 is 0 Å². The minimum absolute atomic E-state index is 0.0126. The average molecular weight is 383 g/mol. The van der Waals surface area contributed by atoms with E-state index in [1.165, 1.54) is 6.92 Å². The van der Waals surface area contributed by atoms with Crippen molar-refractivity contribution in [1.82, 2.24) is 4.90 Å². The lowest BCUT2D eigenvalue weighted by atomic mass is 9.85. The highest BCUT2D eigenvalue weighted by atomic mass is 16.6. The molecule has 7 nitrogen and oxygen atoms in total. The Hall–Kier alpha value is -1.44. The van der Waals surface area contributed by atoms with Crippen molar-refractivity contribution in [1.29, 1.82) is 0 Å². The van der Waals surface area contributed by atoms with Crippen LogP contribution in [-0.2, 0) is 19.1 Å². The van der Waals surface area contributed by atoms with E-state index in [0.717, 1.165) is 18.7 Å². The molecular weight excluding hydrogens is 350 g/mol. The van der Waals surface area contributed by atoms with Gasteiger partial charge in [-0.1, -0.05) is 33.8 Å². The molecule has 7 heteroatoms. The highest BCUT2D eigenvalue weighted by molar-refractivity contribution is 5.81. The number of aliphatic hydroxyl groups is 2. The summed E-state index contributed by atoms with van der Waals surface area (Å²) in [5.41, 5.74) is -1.08. The van der Waals surface area contributed by atoms with Gasteiger partial charge in [-0.05, 0) is 30.8 Å². The molecule has 2 N–H and O–H groups in total. The Morgan fingerprint density at radius 3 is 2.56 bits per heavy atom. The van der Waals surface area contributed by atoms with Gasteiger partial charge in [0.05, 0.1) is 12.1 Å². The van der Waals surface area contributed by atoms with Gasteiger partial charge in [-0.3, -0.25) is 9.69 Å². The highest BCUT2D eigenvalue weighted by Gasteiger charge is 2.49. The van der Waals surface area contributed by atoms with E-state index in [4.69, 9.17) is 9.47 Å². The molecule has 0 aromatic carbocycles. The van der Waals surface area contributed by atoms with Crippen molar-refractivity contribution in [3.8, 4) is 0 Å².